The molecule has 1 aliphatic rings. The van der Waals surface area contributed by atoms with Crippen molar-refractivity contribution in [2.24, 2.45) is 0 Å². The van der Waals surface area contributed by atoms with Gasteiger partial charge in [-0.05, 0) is 24.3 Å². The molecule has 0 spiro atoms. The van der Waals surface area contributed by atoms with Crippen LogP contribution in [0.4, 0.5) is 0 Å². The Balaban J connectivity index is 2.21. The highest BCUT2D eigenvalue weighted by atomic mass is 16.7. The molecule has 0 N–H and O–H groups in total. The molecule has 0 fully saturated rings. The lowest BCUT2D eigenvalue weighted by atomic mass is 10.1. The molecule has 0 bridgehead atoms. The summed E-state index contributed by atoms with van der Waals surface area (Å²) in [6, 6.07) is 13.5. The number of nitrogens with zero attached hydrogens (tertiary/aromatic N) is 1. The Labute approximate surface area is 139 Å². The van der Waals surface area contributed by atoms with Gasteiger partial charge in [-0.1, -0.05) is 24.3 Å². The van der Waals surface area contributed by atoms with Gasteiger partial charge in [-0.15, -0.1) is 0 Å². The minimum Gasteiger partial charge on any atom is -0.496 e. The molecular formula is C18H17NO5. The molecule has 2 aromatic carbocycles. The maximum absolute atomic E-state index is 13.0. The van der Waals surface area contributed by atoms with Crippen LogP contribution in [0, 0.1) is 0 Å². The Morgan fingerprint density at radius 1 is 0.958 bits per heavy atom. The van der Waals surface area contributed by atoms with Crippen molar-refractivity contribution in [1.82, 2.24) is 4.90 Å². The van der Waals surface area contributed by atoms with Crippen molar-refractivity contribution >= 4 is 11.8 Å². The van der Waals surface area contributed by atoms with E-state index in [0.29, 0.717) is 22.4 Å². The molecule has 0 aromatic heterocycles. The monoisotopic (exact) mass is 327 g/mol. The van der Waals surface area contributed by atoms with Gasteiger partial charge >= 0.3 is 0 Å². The molecule has 0 radical (unpaired) electrons. The Bertz CT molecular complexity index is 783. The first kappa shape index (κ1) is 16.2. The molecular weight excluding hydrogens is 310 g/mol. The minimum atomic E-state index is -1.67. The third kappa shape index (κ3) is 2.11. The number of hydrogen-bond acceptors (Lipinski definition) is 5. The van der Waals surface area contributed by atoms with Crippen LogP contribution in [0.25, 0.3) is 0 Å². The highest BCUT2D eigenvalue weighted by molar-refractivity contribution is 6.14. The van der Waals surface area contributed by atoms with E-state index in [2.05, 4.69) is 0 Å². The van der Waals surface area contributed by atoms with Gasteiger partial charge in [-0.25, -0.2) is 4.90 Å². The van der Waals surface area contributed by atoms with Gasteiger partial charge in [0.05, 0.1) is 18.2 Å². The number of rotatable bonds is 4. The van der Waals surface area contributed by atoms with Crippen molar-refractivity contribution in [2.45, 2.75) is 5.91 Å². The van der Waals surface area contributed by atoms with E-state index in [9.17, 15) is 9.59 Å². The first-order valence-corrected chi connectivity index (χ1v) is 7.32. The van der Waals surface area contributed by atoms with E-state index in [4.69, 9.17) is 14.2 Å². The van der Waals surface area contributed by atoms with Crippen molar-refractivity contribution in [1.29, 1.82) is 0 Å². The molecule has 6 nitrogen and oxygen atoms in total. The Hall–Kier alpha value is -2.70. The standard InChI is InChI=1S/C18H17NO5/c1-22-14-11-7-10-13-15(14)18(23-2,24-3)19(17(13)21)16(20)12-8-5-4-6-9-12/h4-11H,1-3H3. The minimum absolute atomic E-state index is 0.308. The maximum Gasteiger partial charge on any atom is 0.293 e. The summed E-state index contributed by atoms with van der Waals surface area (Å²) >= 11 is 0. The summed E-state index contributed by atoms with van der Waals surface area (Å²) in [6.45, 7) is 0. The average molecular weight is 327 g/mol. The summed E-state index contributed by atoms with van der Waals surface area (Å²) in [5, 5.41) is 0. The zero-order chi connectivity index (χ0) is 17.3. The molecule has 0 aliphatic carbocycles. The molecule has 2 aromatic rings. The van der Waals surface area contributed by atoms with Gasteiger partial charge in [0.25, 0.3) is 17.7 Å². The second kappa shape index (κ2) is 6.07. The van der Waals surface area contributed by atoms with Gasteiger partial charge in [0.2, 0.25) is 0 Å². The Morgan fingerprint density at radius 3 is 2.21 bits per heavy atom. The number of benzene rings is 2. The van der Waals surface area contributed by atoms with Crippen LogP contribution in [0.15, 0.2) is 48.5 Å². The van der Waals surface area contributed by atoms with Crippen LogP contribution in [0.2, 0.25) is 0 Å². The third-order valence-corrected chi connectivity index (χ3v) is 4.07. The summed E-state index contributed by atoms with van der Waals surface area (Å²) in [4.78, 5) is 26.8. The Morgan fingerprint density at radius 2 is 1.62 bits per heavy atom. The molecule has 0 saturated carbocycles. The van der Waals surface area contributed by atoms with Crippen molar-refractivity contribution < 1.29 is 23.8 Å². The first-order valence-electron chi connectivity index (χ1n) is 7.32. The zero-order valence-electron chi connectivity index (χ0n) is 13.6. The van der Waals surface area contributed by atoms with Crippen LogP contribution < -0.4 is 4.74 Å². The summed E-state index contributed by atoms with van der Waals surface area (Å²) in [6.07, 6.45) is 0. The fraction of sp³-hybridized carbons (Fsp3) is 0.222. The largest absolute Gasteiger partial charge is 0.496 e. The third-order valence-electron chi connectivity index (χ3n) is 4.07. The van der Waals surface area contributed by atoms with Gasteiger partial charge in [0, 0.05) is 19.8 Å². The number of fused-ring (bicyclic) bond motifs is 1. The molecule has 2 amide bonds. The number of carbonyl (C=O) groups is 2. The summed E-state index contributed by atoms with van der Waals surface area (Å²) in [5.74, 6) is -2.27. The summed E-state index contributed by atoms with van der Waals surface area (Å²) in [5.41, 5.74) is 1.05. The van der Waals surface area contributed by atoms with Gasteiger partial charge in [0.15, 0.2) is 0 Å². The molecule has 124 valence electrons. The van der Waals surface area contributed by atoms with E-state index < -0.39 is 17.7 Å². The molecule has 0 unspecified atom stereocenters. The maximum atomic E-state index is 13.0. The van der Waals surface area contributed by atoms with Gasteiger partial charge in [-0.2, -0.15) is 0 Å². The molecule has 6 heteroatoms. The smallest absolute Gasteiger partial charge is 0.293 e. The number of methoxy groups -OCH3 is 3. The lowest BCUT2D eigenvalue weighted by molar-refractivity contribution is -0.270. The van der Waals surface area contributed by atoms with E-state index in [-0.39, 0.29) is 0 Å². The van der Waals surface area contributed by atoms with Crippen LogP contribution in [-0.4, -0.2) is 38.0 Å². The van der Waals surface area contributed by atoms with Crippen LogP contribution in [0.1, 0.15) is 26.3 Å². The predicted molar refractivity (Wildman–Crippen MR) is 85.6 cm³/mol. The average Bonchev–Trinajstić information content (AvgIpc) is 2.91. The highest BCUT2D eigenvalue weighted by Gasteiger charge is 2.56. The number of hydrogen-bond donors (Lipinski definition) is 0. The normalized spacial score (nSPS) is 15.3. The number of carbonyl (C=O) groups excluding carboxylic acids is 2. The van der Waals surface area contributed by atoms with Crippen LogP contribution in [0.3, 0.4) is 0 Å². The summed E-state index contributed by atoms with van der Waals surface area (Å²) in [7, 11) is 4.24. The lowest BCUT2D eigenvalue weighted by Crippen LogP contribution is -2.50. The van der Waals surface area contributed by atoms with E-state index in [1.165, 1.54) is 21.3 Å². The molecule has 0 atom stereocenters. The quantitative estimate of drug-likeness (QED) is 0.637. The fourth-order valence-electron chi connectivity index (χ4n) is 2.98. The molecule has 1 heterocycles. The number of amides is 2. The van der Waals surface area contributed by atoms with Crippen LogP contribution in [0.5, 0.6) is 5.75 Å². The van der Waals surface area contributed by atoms with Crippen molar-refractivity contribution in [2.75, 3.05) is 21.3 Å². The fourth-order valence-corrected chi connectivity index (χ4v) is 2.98. The second-order valence-corrected chi connectivity index (χ2v) is 5.18. The molecule has 24 heavy (non-hydrogen) atoms. The lowest BCUT2D eigenvalue weighted by Gasteiger charge is -2.34. The van der Waals surface area contributed by atoms with E-state index in [0.717, 1.165) is 4.90 Å². The van der Waals surface area contributed by atoms with Gasteiger partial charge in [-0.3, -0.25) is 9.59 Å². The molecule has 1 aliphatic heterocycles. The topological polar surface area (TPSA) is 65.1 Å². The van der Waals surface area contributed by atoms with Crippen molar-refractivity contribution in [3.05, 3.63) is 65.2 Å². The van der Waals surface area contributed by atoms with Gasteiger partial charge in [0.1, 0.15) is 5.75 Å². The van der Waals surface area contributed by atoms with E-state index >= 15 is 0 Å². The number of imide groups is 1. The SMILES string of the molecule is COc1cccc2c1C(OC)(OC)N(C(=O)c1ccccc1)C2=O. The van der Waals surface area contributed by atoms with E-state index in [1.54, 1.807) is 48.5 Å². The van der Waals surface area contributed by atoms with Crippen molar-refractivity contribution in [3.63, 3.8) is 0 Å². The van der Waals surface area contributed by atoms with Gasteiger partial charge < -0.3 is 14.2 Å². The van der Waals surface area contributed by atoms with Crippen LogP contribution in [-0.2, 0) is 15.4 Å². The predicted octanol–water partition coefficient (Wildman–Crippen LogP) is 2.39. The Kier molecular flexibility index (Phi) is 4.09. The second-order valence-electron chi connectivity index (χ2n) is 5.18. The first-order chi connectivity index (χ1) is 11.6. The zero-order valence-corrected chi connectivity index (χ0v) is 13.6. The van der Waals surface area contributed by atoms with Crippen LogP contribution >= 0.6 is 0 Å². The highest BCUT2D eigenvalue weighted by Crippen LogP contribution is 2.45. The molecule has 3 rings (SSSR count). The van der Waals surface area contributed by atoms with E-state index in [1.807, 2.05) is 0 Å². The summed E-state index contributed by atoms with van der Waals surface area (Å²) < 4.78 is 16.4. The molecule has 0 saturated heterocycles. The number of ether oxygens (including phenoxy) is 3. The van der Waals surface area contributed by atoms with Crippen molar-refractivity contribution in [3.8, 4) is 5.75 Å².